The normalized spacial score (nSPS) is 15.7. The maximum absolute atomic E-state index is 12.3. The topological polar surface area (TPSA) is 59.4 Å². The van der Waals surface area contributed by atoms with Crippen molar-refractivity contribution in [2.45, 2.75) is 0 Å². The number of anilines is 1. The summed E-state index contributed by atoms with van der Waals surface area (Å²) in [7, 11) is 0. The quantitative estimate of drug-likeness (QED) is 0.797. The molecule has 0 aromatic heterocycles. The molecule has 0 saturated carbocycles. The predicted octanol–water partition coefficient (Wildman–Crippen LogP) is 0.448. The van der Waals surface area contributed by atoms with Crippen molar-refractivity contribution in [1.82, 2.24) is 10.2 Å². The van der Waals surface area contributed by atoms with Gasteiger partial charge in [-0.05, 0) is 12.1 Å². The first-order valence-electron chi connectivity index (χ1n) is 6.46. The molecule has 1 N–H and O–H groups in total. The van der Waals surface area contributed by atoms with Gasteiger partial charge in [0.1, 0.15) is 6.54 Å². The Kier molecular flexibility index (Phi) is 4.90. The Morgan fingerprint density at radius 3 is 2.63 bits per heavy atom. The number of rotatable bonds is 4. The minimum absolute atomic E-state index is 0.0188. The second-order valence-corrected chi connectivity index (χ2v) is 4.50. The maximum Gasteiger partial charge on any atom is 0.242 e. The third-order valence-electron chi connectivity index (χ3n) is 3.17. The van der Waals surface area contributed by atoms with Crippen LogP contribution >= 0.6 is 0 Å². The molecule has 5 nitrogen and oxygen atoms in total. The number of para-hydroxylation sites is 1. The molecule has 1 aromatic carbocycles. The minimum atomic E-state index is -0.0188. The first kappa shape index (κ1) is 13.5. The van der Waals surface area contributed by atoms with E-state index in [2.05, 4.69) is 16.3 Å². The number of benzene rings is 1. The number of nitrogens with zero attached hydrogens (tertiary/aromatic N) is 3. The van der Waals surface area contributed by atoms with Gasteiger partial charge in [0.05, 0.1) is 12.6 Å². The molecule has 0 unspecified atom stereocenters. The van der Waals surface area contributed by atoms with Crippen molar-refractivity contribution in [3.63, 3.8) is 0 Å². The van der Waals surface area contributed by atoms with Gasteiger partial charge in [0.15, 0.2) is 0 Å². The molecule has 1 fully saturated rings. The number of carbonyl (C=O) groups excluding carboxylic acids is 1. The molecule has 100 valence electrons. The van der Waals surface area contributed by atoms with E-state index in [1.807, 2.05) is 30.3 Å². The molecule has 1 aliphatic rings. The Morgan fingerprint density at radius 2 is 2.00 bits per heavy atom. The van der Waals surface area contributed by atoms with Crippen LogP contribution in [0.2, 0.25) is 0 Å². The lowest BCUT2D eigenvalue weighted by atomic mass is 10.2. The van der Waals surface area contributed by atoms with Crippen LogP contribution in [0.4, 0.5) is 5.69 Å². The van der Waals surface area contributed by atoms with Gasteiger partial charge < -0.3 is 5.32 Å². The van der Waals surface area contributed by atoms with E-state index in [4.69, 9.17) is 5.26 Å². The fraction of sp³-hybridized carbons (Fsp3) is 0.429. The standard InChI is InChI=1S/C14H18N4O/c15-6-9-18(13-4-2-1-3-5-13)14(19)12-17-10-7-16-8-11-17/h1-5,16H,7-12H2. The summed E-state index contributed by atoms with van der Waals surface area (Å²) in [6.45, 7) is 4.04. The summed E-state index contributed by atoms with van der Waals surface area (Å²) >= 11 is 0. The summed E-state index contributed by atoms with van der Waals surface area (Å²) in [5.74, 6) is -0.0188. The minimum Gasteiger partial charge on any atom is -0.314 e. The molecule has 1 heterocycles. The van der Waals surface area contributed by atoms with E-state index in [0.29, 0.717) is 6.54 Å². The lowest BCUT2D eigenvalue weighted by Crippen LogP contribution is -2.48. The fourth-order valence-electron chi connectivity index (χ4n) is 2.15. The van der Waals surface area contributed by atoms with Crippen molar-refractivity contribution in [3.8, 4) is 6.07 Å². The van der Waals surface area contributed by atoms with E-state index < -0.39 is 0 Å². The maximum atomic E-state index is 12.3. The molecule has 0 aliphatic carbocycles. The lowest BCUT2D eigenvalue weighted by Gasteiger charge is -2.29. The average molecular weight is 258 g/mol. The summed E-state index contributed by atoms with van der Waals surface area (Å²) in [5, 5.41) is 12.1. The number of hydrogen-bond acceptors (Lipinski definition) is 4. The Hall–Kier alpha value is -1.90. The van der Waals surface area contributed by atoms with Gasteiger partial charge in [-0.25, -0.2) is 0 Å². The van der Waals surface area contributed by atoms with E-state index in [9.17, 15) is 4.79 Å². The van der Waals surface area contributed by atoms with Gasteiger partial charge in [-0.2, -0.15) is 5.26 Å². The van der Waals surface area contributed by atoms with Crippen molar-refractivity contribution in [2.75, 3.05) is 44.2 Å². The molecule has 1 amide bonds. The van der Waals surface area contributed by atoms with Crippen LogP contribution in [0.3, 0.4) is 0 Å². The molecule has 1 aliphatic heterocycles. The highest BCUT2D eigenvalue weighted by molar-refractivity contribution is 5.95. The third kappa shape index (κ3) is 3.78. The zero-order chi connectivity index (χ0) is 13.5. The van der Waals surface area contributed by atoms with Gasteiger partial charge >= 0.3 is 0 Å². The zero-order valence-electron chi connectivity index (χ0n) is 10.9. The highest BCUT2D eigenvalue weighted by Crippen LogP contribution is 2.13. The monoisotopic (exact) mass is 258 g/mol. The number of hydrogen-bond donors (Lipinski definition) is 1. The Morgan fingerprint density at radius 1 is 1.32 bits per heavy atom. The molecule has 5 heteroatoms. The van der Waals surface area contributed by atoms with Crippen LogP contribution in [-0.2, 0) is 4.79 Å². The Bertz CT molecular complexity index is 448. The van der Waals surface area contributed by atoms with Gasteiger partial charge in [-0.15, -0.1) is 0 Å². The zero-order valence-corrected chi connectivity index (χ0v) is 10.9. The van der Waals surface area contributed by atoms with E-state index in [-0.39, 0.29) is 12.5 Å². The number of nitrogens with one attached hydrogen (secondary N) is 1. The summed E-state index contributed by atoms with van der Waals surface area (Å²) in [6.07, 6.45) is 0. The van der Waals surface area contributed by atoms with Crippen LogP contribution < -0.4 is 10.2 Å². The number of nitriles is 1. The molecule has 0 spiro atoms. The highest BCUT2D eigenvalue weighted by Gasteiger charge is 2.19. The Balaban J connectivity index is 2.02. The average Bonchev–Trinajstić information content (AvgIpc) is 2.46. The van der Waals surface area contributed by atoms with Gasteiger partial charge in [0.25, 0.3) is 0 Å². The van der Waals surface area contributed by atoms with Gasteiger partial charge in [0, 0.05) is 31.9 Å². The third-order valence-corrected chi connectivity index (χ3v) is 3.17. The summed E-state index contributed by atoms with van der Waals surface area (Å²) in [6, 6.07) is 11.4. The second-order valence-electron chi connectivity index (χ2n) is 4.50. The molecular formula is C14H18N4O. The first-order chi connectivity index (χ1) is 9.31. The van der Waals surface area contributed by atoms with E-state index in [1.165, 1.54) is 0 Å². The molecule has 0 bridgehead atoms. The van der Waals surface area contributed by atoms with Crippen molar-refractivity contribution in [3.05, 3.63) is 30.3 Å². The number of piperazine rings is 1. The molecule has 1 saturated heterocycles. The van der Waals surface area contributed by atoms with Crippen molar-refractivity contribution < 1.29 is 4.79 Å². The molecule has 0 atom stereocenters. The summed E-state index contributed by atoms with van der Waals surface area (Å²) in [5.41, 5.74) is 0.782. The van der Waals surface area contributed by atoms with Crippen LogP contribution in [-0.4, -0.2) is 50.1 Å². The Labute approximate surface area is 113 Å². The van der Waals surface area contributed by atoms with Crippen molar-refractivity contribution in [2.24, 2.45) is 0 Å². The van der Waals surface area contributed by atoms with E-state index in [1.54, 1.807) is 4.90 Å². The van der Waals surface area contributed by atoms with Crippen LogP contribution in [0, 0.1) is 11.3 Å². The smallest absolute Gasteiger partial charge is 0.242 e. The number of carbonyl (C=O) groups is 1. The molecule has 0 radical (unpaired) electrons. The van der Waals surface area contributed by atoms with E-state index >= 15 is 0 Å². The van der Waals surface area contributed by atoms with Crippen LogP contribution in [0.1, 0.15) is 0 Å². The lowest BCUT2D eigenvalue weighted by molar-refractivity contribution is -0.119. The van der Waals surface area contributed by atoms with Crippen molar-refractivity contribution >= 4 is 11.6 Å². The second kappa shape index (κ2) is 6.88. The van der Waals surface area contributed by atoms with Crippen LogP contribution in [0.5, 0.6) is 0 Å². The first-order valence-corrected chi connectivity index (χ1v) is 6.46. The van der Waals surface area contributed by atoms with Crippen LogP contribution in [0.15, 0.2) is 30.3 Å². The van der Waals surface area contributed by atoms with Crippen LogP contribution in [0.25, 0.3) is 0 Å². The van der Waals surface area contributed by atoms with Crippen molar-refractivity contribution in [1.29, 1.82) is 5.26 Å². The molecule has 19 heavy (non-hydrogen) atoms. The molecule has 1 aromatic rings. The fourth-order valence-corrected chi connectivity index (χ4v) is 2.15. The molecular weight excluding hydrogens is 240 g/mol. The van der Waals surface area contributed by atoms with E-state index in [0.717, 1.165) is 31.9 Å². The predicted molar refractivity (Wildman–Crippen MR) is 73.7 cm³/mol. The number of amides is 1. The molecule has 2 rings (SSSR count). The largest absolute Gasteiger partial charge is 0.314 e. The highest BCUT2D eigenvalue weighted by atomic mass is 16.2. The SMILES string of the molecule is N#CCN(C(=O)CN1CCNCC1)c1ccccc1. The summed E-state index contributed by atoms with van der Waals surface area (Å²) in [4.78, 5) is 16.0. The van der Waals surface area contributed by atoms with Gasteiger partial charge in [-0.3, -0.25) is 14.6 Å². The summed E-state index contributed by atoms with van der Waals surface area (Å²) < 4.78 is 0. The van der Waals surface area contributed by atoms with Gasteiger partial charge in [-0.1, -0.05) is 18.2 Å². The van der Waals surface area contributed by atoms with Gasteiger partial charge in [0.2, 0.25) is 5.91 Å².